The lowest BCUT2D eigenvalue weighted by Gasteiger charge is -2.07. The molecule has 1 amide bonds. The van der Waals surface area contributed by atoms with E-state index < -0.39 is 0 Å². The number of halogens is 1. The second kappa shape index (κ2) is 9.98. The van der Waals surface area contributed by atoms with Gasteiger partial charge in [0.05, 0.1) is 0 Å². The summed E-state index contributed by atoms with van der Waals surface area (Å²) in [7, 11) is 1.85. The Labute approximate surface area is 138 Å². The van der Waals surface area contributed by atoms with Crippen LogP contribution in [0.3, 0.4) is 0 Å². The van der Waals surface area contributed by atoms with Gasteiger partial charge in [0.25, 0.3) is 0 Å². The topological polar surface area (TPSA) is 41.1 Å². The first-order valence-corrected chi connectivity index (χ1v) is 7.35. The first-order chi connectivity index (χ1) is 10.3. The van der Waals surface area contributed by atoms with Crippen molar-refractivity contribution < 1.29 is 4.79 Å². The van der Waals surface area contributed by atoms with Crippen LogP contribution in [-0.2, 0) is 11.2 Å². The normalized spacial score (nSPS) is 9.86. The number of amides is 1. The smallest absolute Gasteiger partial charge is 0.221 e. The summed E-state index contributed by atoms with van der Waals surface area (Å²) in [6, 6.07) is 18.8. The fourth-order valence-electron chi connectivity index (χ4n) is 2.21. The van der Waals surface area contributed by atoms with Crippen molar-refractivity contribution in [2.75, 3.05) is 20.1 Å². The van der Waals surface area contributed by atoms with E-state index in [1.807, 2.05) is 25.2 Å². The highest BCUT2D eigenvalue weighted by Gasteiger charge is 2.01. The van der Waals surface area contributed by atoms with Gasteiger partial charge in [-0.25, -0.2) is 0 Å². The van der Waals surface area contributed by atoms with Crippen LogP contribution >= 0.6 is 12.4 Å². The molecule has 3 nitrogen and oxygen atoms in total. The molecule has 0 aliphatic rings. The van der Waals surface area contributed by atoms with Gasteiger partial charge in [0.15, 0.2) is 0 Å². The number of benzene rings is 2. The van der Waals surface area contributed by atoms with Gasteiger partial charge in [-0.2, -0.15) is 0 Å². The quantitative estimate of drug-likeness (QED) is 0.824. The highest BCUT2D eigenvalue weighted by molar-refractivity contribution is 5.85. The zero-order chi connectivity index (χ0) is 14.9. The van der Waals surface area contributed by atoms with Crippen LogP contribution in [-0.4, -0.2) is 26.0 Å². The first kappa shape index (κ1) is 18.2. The molecule has 0 aromatic heterocycles. The number of rotatable bonds is 7. The third-order valence-corrected chi connectivity index (χ3v) is 3.37. The Morgan fingerprint density at radius 1 is 0.955 bits per heavy atom. The van der Waals surface area contributed by atoms with Crippen LogP contribution in [0.4, 0.5) is 0 Å². The minimum atomic E-state index is 0. The SMILES string of the molecule is CNCCC(=O)NCCc1cccc(-c2ccccc2)c1.Cl. The monoisotopic (exact) mass is 318 g/mol. The van der Waals surface area contributed by atoms with E-state index in [4.69, 9.17) is 0 Å². The van der Waals surface area contributed by atoms with E-state index in [0.717, 1.165) is 13.0 Å². The van der Waals surface area contributed by atoms with Crippen LogP contribution < -0.4 is 10.6 Å². The summed E-state index contributed by atoms with van der Waals surface area (Å²) in [5, 5.41) is 5.92. The van der Waals surface area contributed by atoms with Crippen molar-refractivity contribution in [3.05, 3.63) is 60.2 Å². The van der Waals surface area contributed by atoms with E-state index in [0.29, 0.717) is 13.0 Å². The van der Waals surface area contributed by atoms with Crippen molar-refractivity contribution in [1.82, 2.24) is 10.6 Å². The molecule has 0 heterocycles. The molecule has 0 fully saturated rings. The molecule has 0 radical (unpaired) electrons. The van der Waals surface area contributed by atoms with Crippen molar-refractivity contribution in [1.29, 1.82) is 0 Å². The third kappa shape index (κ3) is 5.88. The Morgan fingerprint density at radius 2 is 1.68 bits per heavy atom. The van der Waals surface area contributed by atoms with Gasteiger partial charge in [-0.1, -0.05) is 54.6 Å². The molecule has 118 valence electrons. The maximum Gasteiger partial charge on any atom is 0.221 e. The Hall–Kier alpha value is -1.84. The molecule has 0 unspecified atom stereocenters. The van der Waals surface area contributed by atoms with Gasteiger partial charge < -0.3 is 10.6 Å². The molecule has 2 aromatic carbocycles. The maximum atomic E-state index is 11.5. The lowest BCUT2D eigenvalue weighted by Crippen LogP contribution is -2.28. The van der Waals surface area contributed by atoms with Crippen LogP contribution in [0, 0.1) is 0 Å². The molecular formula is C18H23ClN2O. The minimum Gasteiger partial charge on any atom is -0.356 e. The van der Waals surface area contributed by atoms with Crippen molar-refractivity contribution in [2.45, 2.75) is 12.8 Å². The fourth-order valence-corrected chi connectivity index (χ4v) is 2.21. The zero-order valence-electron chi connectivity index (χ0n) is 12.8. The van der Waals surface area contributed by atoms with Crippen molar-refractivity contribution in [2.24, 2.45) is 0 Å². The van der Waals surface area contributed by atoms with Crippen LogP contribution in [0.1, 0.15) is 12.0 Å². The summed E-state index contributed by atoms with van der Waals surface area (Å²) < 4.78 is 0. The van der Waals surface area contributed by atoms with Gasteiger partial charge >= 0.3 is 0 Å². The van der Waals surface area contributed by atoms with E-state index >= 15 is 0 Å². The minimum absolute atomic E-state index is 0. The summed E-state index contributed by atoms with van der Waals surface area (Å²) in [6.45, 7) is 1.40. The number of hydrogen-bond donors (Lipinski definition) is 2. The number of carbonyl (C=O) groups is 1. The third-order valence-electron chi connectivity index (χ3n) is 3.37. The number of carbonyl (C=O) groups excluding carboxylic acids is 1. The predicted molar refractivity (Wildman–Crippen MR) is 94.4 cm³/mol. The molecule has 0 saturated carbocycles. The van der Waals surface area contributed by atoms with E-state index in [1.54, 1.807) is 0 Å². The molecule has 0 aliphatic heterocycles. The summed E-state index contributed by atoms with van der Waals surface area (Å²) >= 11 is 0. The maximum absolute atomic E-state index is 11.5. The number of hydrogen-bond acceptors (Lipinski definition) is 2. The van der Waals surface area contributed by atoms with Crippen molar-refractivity contribution >= 4 is 18.3 Å². The molecule has 0 spiro atoms. The van der Waals surface area contributed by atoms with E-state index in [9.17, 15) is 4.79 Å². The van der Waals surface area contributed by atoms with Crippen molar-refractivity contribution in [3.63, 3.8) is 0 Å². The molecule has 2 aromatic rings. The van der Waals surface area contributed by atoms with E-state index in [1.165, 1.54) is 16.7 Å². The summed E-state index contributed by atoms with van der Waals surface area (Å²) in [5.41, 5.74) is 3.68. The standard InChI is InChI=1S/C18H22N2O.ClH/c1-19-12-11-18(21)20-13-10-15-6-5-9-17(14-15)16-7-3-2-4-8-16;/h2-9,14,19H,10-13H2,1H3,(H,20,21);1H. The predicted octanol–water partition coefficient (Wildman–Crippen LogP) is 3.04. The average Bonchev–Trinajstić information content (AvgIpc) is 2.54. The lowest BCUT2D eigenvalue weighted by molar-refractivity contribution is -0.120. The molecule has 2 rings (SSSR count). The molecular weight excluding hydrogens is 296 g/mol. The van der Waals surface area contributed by atoms with Gasteiger partial charge in [-0.05, 0) is 30.2 Å². The van der Waals surface area contributed by atoms with Crippen LogP contribution in [0.2, 0.25) is 0 Å². The summed E-state index contributed by atoms with van der Waals surface area (Å²) in [6.07, 6.45) is 1.38. The van der Waals surface area contributed by atoms with Crippen LogP contribution in [0.15, 0.2) is 54.6 Å². The van der Waals surface area contributed by atoms with E-state index in [2.05, 4.69) is 47.0 Å². The Kier molecular flexibility index (Phi) is 8.26. The number of nitrogens with one attached hydrogen (secondary N) is 2. The Bertz CT molecular complexity index is 572. The molecule has 0 aliphatic carbocycles. The highest BCUT2D eigenvalue weighted by atomic mass is 35.5. The molecule has 2 N–H and O–H groups in total. The van der Waals surface area contributed by atoms with Gasteiger partial charge in [0, 0.05) is 19.5 Å². The highest BCUT2D eigenvalue weighted by Crippen LogP contribution is 2.19. The molecule has 4 heteroatoms. The summed E-state index contributed by atoms with van der Waals surface area (Å²) in [5.74, 6) is 0.101. The average molecular weight is 319 g/mol. The van der Waals surface area contributed by atoms with Gasteiger partial charge in [-0.3, -0.25) is 4.79 Å². The van der Waals surface area contributed by atoms with E-state index in [-0.39, 0.29) is 18.3 Å². The Morgan fingerprint density at radius 3 is 2.41 bits per heavy atom. The van der Waals surface area contributed by atoms with Gasteiger partial charge in [-0.15, -0.1) is 12.4 Å². The molecule has 0 saturated heterocycles. The van der Waals surface area contributed by atoms with Crippen molar-refractivity contribution in [3.8, 4) is 11.1 Å². The van der Waals surface area contributed by atoms with Crippen LogP contribution in [0.5, 0.6) is 0 Å². The molecule has 0 atom stereocenters. The fraction of sp³-hybridized carbons (Fsp3) is 0.278. The summed E-state index contributed by atoms with van der Waals surface area (Å²) in [4.78, 5) is 11.5. The molecule has 0 bridgehead atoms. The second-order valence-corrected chi connectivity index (χ2v) is 5.02. The molecule has 22 heavy (non-hydrogen) atoms. The zero-order valence-corrected chi connectivity index (χ0v) is 13.7. The Balaban J connectivity index is 0.00000242. The van der Waals surface area contributed by atoms with Gasteiger partial charge in [0.2, 0.25) is 5.91 Å². The largest absolute Gasteiger partial charge is 0.356 e. The lowest BCUT2D eigenvalue weighted by atomic mass is 10.0. The first-order valence-electron chi connectivity index (χ1n) is 7.35. The van der Waals surface area contributed by atoms with Gasteiger partial charge in [0.1, 0.15) is 0 Å². The van der Waals surface area contributed by atoms with Crippen LogP contribution in [0.25, 0.3) is 11.1 Å². The second-order valence-electron chi connectivity index (χ2n) is 5.02.